The molecule has 0 atom stereocenters. The quantitative estimate of drug-likeness (QED) is 0.733. The fourth-order valence-corrected chi connectivity index (χ4v) is 1.92. The van der Waals surface area contributed by atoms with Crippen molar-refractivity contribution in [2.75, 3.05) is 0 Å². The standard InChI is InChI=1S/C12H17N3/c1-9-5-6-10(2)15(9)8-12-7-14(4)13-11(12)3/h5-7H,8H2,1-4H3. The van der Waals surface area contributed by atoms with Gasteiger partial charge in [-0.25, -0.2) is 0 Å². The van der Waals surface area contributed by atoms with E-state index in [1.807, 2.05) is 11.7 Å². The molecule has 80 valence electrons. The van der Waals surface area contributed by atoms with E-state index < -0.39 is 0 Å². The third-order valence-corrected chi connectivity index (χ3v) is 2.86. The van der Waals surface area contributed by atoms with E-state index in [-0.39, 0.29) is 0 Å². The molecule has 3 heteroatoms. The van der Waals surface area contributed by atoms with Gasteiger partial charge >= 0.3 is 0 Å². The van der Waals surface area contributed by atoms with Gasteiger partial charge in [-0.15, -0.1) is 0 Å². The highest BCUT2D eigenvalue weighted by atomic mass is 15.3. The van der Waals surface area contributed by atoms with E-state index in [9.17, 15) is 0 Å². The summed E-state index contributed by atoms with van der Waals surface area (Å²) in [7, 11) is 1.96. The van der Waals surface area contributed by atoms with Crippen LogP contribution in [0.1, 0.15) is 22.6 Å². The molecular weight excluding hydrogens is 186 g/mol. The summed E-state index contributed by atoms with van der Waals surface area (Å²) < 4.78 is 4.18. The number of aromatic nitrogens is 3. The van der Waals surface area contributed by atoms with Crippen LogP contribution in [0.25, 0.3) is 0 Å². The number of rotatable bonds is 2. The van der Waals surface area contributed by atoms with E-state index in [1.165, 1.54) is 17.0 Å². The first-order chi connectivity index (χ1) is 7.08. The van der Waals surface area contributed by atoms with Crippen LogP contribution in [-0.2, 0) is 13.6 Å². The maximum absolute atomic E-state index is 4.35. The van der Waals surface area contributed by atoms with E-state index in [0.717, 1.165) is 12.2 Å². The molecule has 0 spiro atoms. The zero-order chi connectivity index (χ0) is 11.0. The average molecular weight is 203 g/mol. The molecule has 0 radical (unpaired) electrons. The first kappa shape index (κ1) is 10.0. The molecule has 0 bridgehead atoms. The van der Waals surface area contributed by atoms with Crippen LogP contribution in [0.3, 0.4) is 0 Å². The Hall–Kier alpha value is -1.51. The Bertz CT molecular complexity index is 458. The third kappa shape index (κ3) is 1.82. The Morgan fingerprint density at radius 1 is 1.13 bits per heavy atom. The van der Waals surface area contributed by atoms with Crippen LogP contribution in [0.15, 0.2) is 18.3 Å². The van der Waals surface area contributed by atoms with Gasteiger partial charge in [-0.1, -0.05) is 0 Å². The van der Waals surface area contributed by atoms with Crippen LogP contribution in [0, 0.1) is 20.8 Å². The molecule has 0 aromatic carbocycles. The maximum atomic E-state index is 4.35. The molecule has 0 N–H and O–H groups in total. The summed E-state index contributed by atoms with van der Waals surface area (Å²) in [6, 6.07) is 4.31. The number of nitrogens with zero attached hydrogens (tertiary/aromatic N) is 3. The molecule has 0 aliphatic carbocycles. The van der Waals surface area contributed by atoms with Crippen molar-refractivity contribution in [1.82, 2.24) is 14.3 Å². The Morgan fingerprint density at radius 2 is 1.73 bits per heavy atom. The van der Waals surface area contributed by atoms with Crippen molar-refractivity contribution in [2.24, 2.45) is 7.05 Å². The first-order valence-electron chi connectivity index (χ1n) is 5.20. The molecule has 15 heavy (non-hydrogen) atoms. The summed E-state index contributed by atoms with van der Waals surface area (Å²) in [4.78, 5) is 0. The van der Waals surface area contributed by atoms with E-state index in [1.54, 1.807) is 0 Å². The minimum absolute atomic E-state index is 0.921. The molecule has 0 saturated carbocycles. The lowest BCUT2D eigenvalue weighted by atomic mass is 10.2. The van der Waals surface area contributed by atoms with Gasteiger partial charge in [0.15, 0.2) is 0 Å². The van der Waals surface area contributed by atoms with Gasteiger partial charge < -0.3 is 4.57 Å². The van der Waals surface area contributed by atoms with Crippen molar-refractivity contribution in [3.8, 4) is 0 Å². The van der Waals surface area contributed by atoms with Gasteiger partial charge in [-0.05, 0) is 32.9 Å². The zero-order valence-electron chi connectivity index (χ0n) is 9.78. The molecule has 0 amide bonds. The first-order valence-corrected chi connectivity index (χ1v) is 5.20. The van der Waals surface area contributed by atoms with Gasteiger partial charge in [0.2, 0.25) is 0 Å². The molecule has 2 aromatic heterocycles. The molecular formula is C12H17N3. The lowest BCUT2D eigenvalue weighted by Gasteiger charge is -2.07. The summed E-state index contributed by atoms with van der Waals surface area (Å²) in [5, 5.41) is 4.35. The second-order valence-electron chi connectivity index (χ2n) is 4.12. The lowest BCUT2D eigenvalue weighted by Crippen LogP contribution is -2.03. The van der Waals surface area contributed by atoms with Crippen molar-refractivity contribution in [2.45, 2.75) is 27.3 Å². The van der Waals surface area contributed by atoms with Crippen molar-refractivity contribution in [3.05, 3.63) is 41.0 Å². The van der Waals surface area contributed by atoms with E-state index >= 15 is 0 Å². The fourth-order valence-electron chi connectivity index (χ4n) is 1.92. The summed E-state index contributed by atoms with van der Waals surface area (Å²) >= 11 is 0. The monoisotopic (exact) mass is 203 g/mol. The Labute approximate surface area is 90.3 Å². The highest BCUT2D eigenvalue weighted by molar-refractivity contribution is 5.20. The highest BCUT2D eigenvalue weighted by Crippen LogP contribution is 2.13. The number of hydrogen-bond acceptors (Lipinski definition) is 1. The molecule has 0 unspecified atom stereocenters. The number of aryl methyl sites for hydroxylation is 4. The molecule has 2 rings (SSSR count). The third-order valence-electron chi connectivity index (χ3n) is 2.86. The Kier molecular flexibility index (Phi) is 2.39. The smallest absolute Gasteiger partial charge is 0.0643 e. The van der Waals surface area contributed by atoms with E-state index in [2.05, 4.69) is 48.8 Å². The topological polar surface area (TPSA) is 22.8 Å². The summed E-state index contributed by atoms with van der Waals surface area (Å²) in [5.41, 5.74) is 5.01. The predicted molar refractivity (Wildman–Crippen MR) is 61.0 cm³/mol. The minimum Gasteiger partial charge on any atom is -0.345 e. The van der Waals surface area contributed by atoms with Crippen LogP contribution in [0.5, 0.6) is 0 Å². The number of hydrogen-bond donors (Lipinski definition) is 0. The van der Waals surface area contributed by atoms with Crippen LogP contribution in [0.4, 0.5) is 0 Å². The van der Waals surface area contributed by atoms with Gasteiger partial charge in [0.25, 0.3) is 0 Å². The second kappa shape index (κ2) is 3.57. The van der Waals surface area contributed by atoms with E-state index in [0.29, 0.717) is 0 Å². The van der Waals surface area contributed by atoms with Crippen molar-refractivity contribution < 1.29 is 0 Å². The Balaban J connectivity index is 2.33. The molecule has 3 nitrogen and oxygen atoms in total. The van der Waals surface area contributed by atoms with Crippen LogP contribution in [-0.4, -0.2) is 14.3 Å². The fraction of sp³-hybridized carbons (Fsp3) is 0.417. The molecule has 2 heterocycles. The van der Waals surface area contributed by atoms with Crippen LogP contribution < -0.4 is 0 Å². The van der Waals surface area contributed by atoms with Gasteiger partial charge in [-0.2, -0.15) is 5.10 Å². The molecule has 0 aliphatic heterocycles. The maximum Gasteiger partial charge on any atom is 0.0643 e. The van der Waals surface area contributed by atoms with Gasteiger partial charge in [0, 0.05) is 30.2 Å². The van der Waals surface area contributed by atoms with Crippen LogP contribution in [0.2, 0.25) is 0 Å². The minimum atomic E-state index is 0.921. The largest absolute Gasteiger partial charge is 0.345 e. The zero-order valence-corrected chi connectivity index (χ0v) is 9.78. The highest BCUT2D eigenvalue weighted by Gasteiger charge is 2.06. The summed E-state index contributed by atoms with van der Waals surface area (Å²) in [6.45, 7) is 7.26. The van der Waals surface area contributed by atoms with E-state index in [4.69, 9.17) is 0 Å². The van der Waals surface area contributed by atoms with Crippen molar-refractivity contribution >= 4 is 0 Å². The average Bonchev–Trinajstić information content (AvgIpc) is 2.63. The Morgan fingerprint density at radius 3 is 2.20 bits per heavy atom. The summed E-state index contributed by atoms with van der Waals surface area (Å²) in [5.74, 6) is 0. The molecule has 0 aliphatic rings. The van der Waals surface area contributed by atoms with Crippen molar-refractivity contribution in [3.63, 3.8) is 0 Å². The van der Waals surface area contributed by atoms with Gasteiger partial charge in [-0.3, -0.25) is 4.68 Å². The van der Waals surface area contributed by atoms with Gasteiger partial charge in [0.1, 0.15) is 0 Å². The van der Waals surface area contributed by atoms with Crippen molar-refractivity contribution in [1.29, 1.82) is 0 Å². The lowest BCUT2D eigenvalue weighted by molar-refractivity contribution is 0.742. The molecule has 0 fully saturated rings. The molecule has 0 saturated heterocycles. The summed E-state index contributed by atoms with van der Waals surface area (Å²) in [6.07, 6.45) is 2.09. The van der Waals surface area contributed by atoms with Gasteiger partial charge in [0.05, 0.1) is 12.2 Å². The second-order valence-corrected chi connectivity index (χ2v) is 4.12. The van der Waals surface area contributed by atoms with Crippen LogP contribution >= 0.6 is 0 Å². The normalized spacial score (nSPS) is 10.9. The molecule has 2 aromatic rings. The SMILES string of the molecule is Cc1nn(C)cc1Cn1c(C)ccc1C. The predicted octanol–water partition coefficient (Wildman–Crippen LogP) is 2.20.